The minimum atomic E-state index is 0.149. The number of ether oxygens (including phenoxy) is 1. The second-order valence-electron chi connectivity index (χ2n) is 5.11. The van der Waals surface area contributed by atoms with E-state index in [1.807, 2.05) is 51.1 Å². The zero-order chi connectivity index (χ0) is 14.5. The predicted molar refractivity (Wildman–Crippen MR) is 81.5 cm³/mol. The van der Waals surface area contributed by atoms with Gasteiger partial charge in [-0.1, -0.05) is 35.9 Å². The van der Waals surface area contributed by atoms with Gasteiger partial charge in [0, 0.05) is 12.0 Å². The van der Waals surface area contributed by atoms with Crippen molar-refractivity contribution < 1.29 is 9.53 Å². The Morgan fingerprint density at radius 2 is 1.60 bits per heavy atom. The third-order valence-corrected chi connectivity index (χ3v) is 3.30. The molecule has 0 radical (unpaired) electrons. The first kappa shape index (κ1) is 14.3. The molecule has 0 aliphatic carbocycles. The van der Waals surface area contributed by atoms with Crippen LogP contribution in [0.1, 0.15) is 33.5 Å². The number of para-hydroxylation sites is 1. The predicted octanol–water partition coefficient (Wildman–Crippen LogP) is 4.26. The van der Waals surface area contributed by atoms with E-state index in [2.05, 4.69) is 12.1 Å². The Morgan fingerprint density at radius 1 is 1.00 bits per heavy atom. The lowest BCUT2D eigenvalue weighted by Gasteiger charge is -2.11. The highest BCUT2D eigenvalue weighted by atomic mass is 16.5. The summed E-state index contributed by atoms with van der Waals surface area (Å²) >= 11 is 0. The van der Waals surface area contributed by atoms with Crippen molar-refractivity contribution >= 4 is 5.78 Å². The molecule has 0 unspecified atom stereocenters. The van der Waals surface area contributed by atoms with Crippen LogP contribution in [0.25, 0.3) is 0 Å². The Hall–Kier alpha value is -2.09. The van der Waals surface area contributed by atoms with Crippen LogP contribution in [-0.2, 0) is 0 Å². The Labute approximate surface area is 120 Å². The molecule has 0 atom stereocenters. The molecule has 0 aliphatic heterocycles. The first-order valence-corrected chi connectivity index (χ1v) is 6.87. The summed E-state index contributed by atoms with van der Waals surface area (Å²) in [5.41, 5.74) is 4.13. The van der Waals surface area contributed by atoms with Crippen molar-refractivity contribution in [1.82, 2.24) is 0 Å². The Morgan fingerprint density at radius 3 is 2.20 bits per heavy atom. The average molecular weight is 268 g/mol. The molecule has 2 heteroatoms. The fourth-order valence-electron chi connectivity index (χ4n) is 2.52. The molecule has 2 rings (SSSR count). The van der Waals surface area contributed by atoms with Crippen molar-refractivity contribution in [1.29, 1.82) is 0 Å². The highest BCUT2D eigenvalue weighted by molar-refractivity contribution is 5.98. The summed E-state index contributed by atoms with van der Waals surface area (Å²) < 4.78 is 5.58. The third-order valence-electron chi connectivity index (χ3n) is 3.30. The van der Waals surface area contributed by atoms with E-state index < -0.39 is 0 Å². The summed E-state index contributed by atoms with van der Waals surface area (Å²) in [6, 6.07) is 13.7. The summed E-state index contributed by atoms with van der Waals surface area (Å²) in [7, 11) is 0. The molecule has 0 aliphatic rings. The van der Waals surface area contributed by atoms with Crippen molar-refractivity contribution in [2.24, 2.45) is 0 Å². The van der Waals surface area contributed by atoms with Crippen LogP contribution in [0.15, 0.2) is 42.5 Å². The molecule has 0 bridgehead atoms. The summed E-state index contributed by atoms with van der Waals surface area (Å²) in [4.78, 5) is 12.3. The molecule has 0 saturated carbocycles. The number of carbonyl (C=O) groups is 1. The maximum absolute atomic E-state index is 12.3. The van der Waals surface area contributed by atoms with Crippen molar-refractivity contribution in [3.63, 3.8) is 0 Å². The summed E-state index contributed by atoms with van der Waals surface area (Å²) in [6.45, 7) is 6.44. The van der Waals surface area contributed by atoms with E-state index in [1.54, 1.807) is 0 Å². The van der Waals surface area contributed by atoms with E-state index in [4.69, 9.17) is 4.74 Å². The summed E-state index contributed by atoms with van der Waals surface area (Å²) in [5, 5.41) is 0. The van der Waals surface area contributed by atoms with E-state index in [9.17, 15) is 4.79 Å². The summed E-state index contributed by atoms with van der Waals surface area (Å²) in [6.07, 6.45) is 0.402. The van der Waals surface area contributed by atoms with E-state index in [1.165, 1.54) is 5.56 Å². The van der Waals surface area contributed by atoms with Gasteiger partial charge in [-0.2, -0.15) is 0 Å². The van der Waals surface area contributed by atoms with Crippen molar-refractivity contribution in [3.05, 3.63) is 64.7 Å². The highest BCUT2D eigenvalue weighted by Crippen LogP contribution is 2.18. The van der Waals surface area contributed by atoms with E-state index in [0.29, 0.717) is 13.0 Å². The van der Waals surface area contributed by atoms with Crippen LogP contribution in [0.3, 0.4) is 0 Å². The van der Waals surface area contributed by atoms with Gasteiger partial charge in [0.15, 0.2) is 5.78 Å². The molecule has 20 heavy (non-hydrogen) atoms. The lowest BCUT2D eigenvalue weighted by atomic mass is 9.95. The largest absolute Gasteiger partial charge is 0.493 e. The minimum Gasteiger partial charge on any atom is -0.493 e. The smallest absolute Gasteiger partial charge is 0.166 e. The fraction of sp³-hybridized carbons (Fsp3) is 0.278. The Balaban J connectivity index is 1.99. The zero-order valence-corrected chi connectivity index (χ0v) is 12.3. The second-order valence-corrected chi connectivity index (χ2v) is 5.11. The molecular formula is C18H20O2. The Bertz CT molecular complexity index is 577. The molecule has 0 fully saturated rings. The van der Waals surface area contributed by atoms with Crippen LogP contribution < -0.4 is 4.74 Å². The van der Waals surface area contributed by atoms with Gasteiger partial charge in [-0.25, -0.2) is 0 Å². The van der Waals surface area contributed by atoms with Gasteiger partial charge < -0.3 is 4.74 Å². The van der Waals surface area contributed by atoms with Crippen LogP contribution in [0.5, 0.6) is 5.75 Å². The van der Waals surface area contributed by atoms with Gasteiger partial charge in [0.1, 0.15) is 5.75 Å². The van der Waals surface area contributed by atoms with Gasteiger partial charge in [0.05, 0.1) is 6.61 Å². The van der Waals surface area contributed by atoms with Crippen LogP contribution in [0.4, 0.5) is 0 Å². The maximum atomic E-state index is 12.3. The van der Waals surface area contributed by atoms with Crippen molar-refractivity contribution in [2.75, 3.05) is 6.61 Å². The topological polar surface area (TPSA) is 26.3 Å². The number of Topliss-reactive ketones (excluding diaryl/α,β-unsaturated/α-hetero) is 1. The molecule has 0 N–H and O–H groups in total. The lowest BCUT2D eigenvalue weighted by Crippen LogP contribution is -2.10. The molecule has 104 valence electrons. The number of aryl methyl sites for hydroxylation is 3. The highest BCUT2D eigenvalue weighted by Gasteiger charge is 2.12. The molecule has 0 heterocycles. The third kappa shape index (κ3) is 3.47. The standard InChI is InChI=1S/C18H20O2/c1-13-11-14(2)18(15(3)12-13)17(19)9-10-20-16-7-5-4-6-8-16/h4-8,11-12H,9-10H2,1-3H3. The first-order chi connectivity index (χ1) is 9.58. The van der Waals surface area contributed by atoms with Gasteiger partial charge in [-0.05, 0) is 44.0 Å². The average Bonchev–Trinajstić information content (AvgIpc) is 2.38. The minimum absolute atomic E-state index is 0.149. The first-order valence-electron chi connectivity index (χ1n) is 6.87. The zero-order valence-electron chi connectivity index (χ0n) is 12.3. The van der Waals surface area contributed by atoms with Crippen LogP contribution >= 0.6 is 0 Å². The molecule has 0 aromatic heterocycles. The normalized spacial score (nSPS) is 10.3. The van der Waals surface area contributed by atoms with E-state index in [0.717, 1.165) is 22.4 Å². The van der Waals surface area contributed by atoms with Gasteiger partial charge >= 0.3 is 0 Å². The number of hydrogen-bond acceptors (Lipinski definition) is 2. The van der Waals surface area contributed by atoms with Gasteiger partial charge in [0.2, 0.25) is 0 Å². The van der Waals surface area contributed by atoms with Crippen LogP contribution in [0.2, 0.25) is 0 Å². The van der Waals surface area contributed by atoms with Gasteiger partial charge in [-0.15, -0.1) is 0 Å². The molecule has 0 amide bonds. The van der Waals surface area contributed by atoms with E-state index >= 15 is 0 Å². The fourth-order valence-corrected chi connectivity index (χ4v) is 2.52. The molecule has 0 saturated heterocycles. The number of benzene rings is 2. The van der Waals surface area contributed by atoms with Crippen molar-refractivity contribution in [3.8, 4) is 5.75 Å². The van der Waals surface area contributed by atoms with E-state index in [-0.39, 0.29) is 5.78 Å². The van der Waals surface area contributed by atoms with Crippen LogP contribution in [-0.4, -0.2) is 12.4 Å². The van der Waals surface area contributed by atoms with Gasteiger partial charge in [-0.3, -0.25) is 4.79 Å². The molecule has 2 aromatic carbocycles. The van der Waals surface area contributed by atoms with Crippen LogP contribution in [0, 0.1) is 20.8 Å². The number of rotatable bonds is 5. The maximum Gasteiger partial charge on any atom is 0.166 e. The number of hydrogen-bond donors (Lipinski definition) is 0. The molecule has 2 aromatic rings. The summed E-state index contributed by atoms with van der Waals surface area (Å²) in [5.74, 6) is 0.952. The number of ketones is 1. The monoisotopic (exact) mass is 268 g/mol. The lowest BCUT2D eigenvalue weighted by molar-refractivity contribution is 0.0961. The van der Waals surface area contributed by atoms with Crippen molar-refractivity contribution in [2.45, 2.75) is 27.2 Å². The quantitative estimate of drug-likeness (QED) is 0.757. The number of carbonyl (C=O) groups excluding carboxylic acids is 1. The molecule has 0 spiro atoms. The molecular weight excluding hydrogens is 248 g/mol. The van der Waals surface area contributed by atoms with Gasteiger partial charge in [0.25, 0.3) is 0 Å². The second kappa shape index (κ2) is 6.38. The Kier molecular flexibility index (Phi) is 4.57. The SMILES string of the molecule is Cc1cc(C)c(C(=O)CCOc2ccccc2)c(C)c1. The molecule has 2 nitrogen and oxygen atoms in total.